The molecule has 0 fully saturated rings. The van der Waals surface area contributed by atoms with Crippen LogP contribution in [-0.2, 0) is 54.5 Å². The third-order valence-electron chi connectivity index (χ3n) is 12.1. The zero-order valence-corrected chi connectivity index (χ0v) is 47.4. The van der Waals surface area contributed by atoms with Gasteiger partial charge in [0, 0.05) is 11.6 Å². The molecule has 6 rings (SSSR count). The van der Waals surface area contributed by atoms with Crippen LogP contribution in [0.3, 0.4) is 0 Å². The Bertz CT molecular complexity index is 2730. The normalized spacial score (nSPS) is 13.0. The minimum absolute atomic E-state index is 0.0854. The number of halogens is 4. The third kappa shape index (κ3) is 18.1. The van der Waals surface area contributed by atoms with Crippen LogP contribution in [0.2, 0.25) is 15.1 Å². The second-order valence-corrected chi connectivity index (χ2v) is 20.5. The Kier molecular flexibility index (Phi) is 25.1. The number of nitrogens with zero attached hydrogens (tertiary/aromatic N) is 4. The molecule has 5 aromatic rings. The Hall–Kier alpha value is -5.42. The molecule has 2 N–H and O–H groups in total. The maximum absolute atomic E-state index is 13.5. The number of benzene rings is 2. The van der Waals surface area contributed by atoms with Crippen LogP contribution >= 0.6 is 34.8 Å². The van der Waals surface area contributed by atoms with Crippen LogP contribution in [-0.4, -0.2) is 75.9 Å². The highest BCUT2D eigenvalue weighted by molar-refractivity contribution is 6.39. The highest BCUT2D eigenvalue weighted by Gasteiger charge is 2.32. The average molecular weight is 1100 g/mol. The second-order valence-electron chi connectivity index (χ2n) is 19.4. The van der Waals surface area contributed by atoms with Crippen LogP contribution in [0.1, 0.15) is 137 Å². The summed E-state index contributed by atoms with van der Waals surface area (Å²) in [6, 6.07) is 11.4. The van der Waals surface area contributed by atoms with E-state index in [4.69, 9.17) is 69.0 Å². The summed E-state index contributed by atoms with van der Waals surface area (Å²) < 4.78 is 49.5. The molecule has 2 unspecified atom stereocenters. The van der Waals surface area contributed by atoms with Gasteiger partial charge >= 0.3 is 17.9 Å². The van der Waals surface area contributed by atoms with Crippen molar-refractivity contribution in [3.05, 3.63) is 90.7 Å². The molecule has 2 atom stereocenters. The van der Waals surface area contributed by atoms with Crippen molar-refractivity contribution in [1.82, 2.24) is 19.3 Å². The number of aryl methyl sites for hydroxylation is 3. The van der Waals surface area contributed by atoms with Gasteiger partial charge in [-0.3, -0.25) is 14.6 Å². The smallest absolute Gasteiger partial charge is 0.344 e. The van der Waals surface area contributed by atoms with Gasteiger partial charge in [0.25, 0.3) is 5.56 Å². The molecule has 1 aliphatic rings. The number of esters is 3. The summed E-state index contributed by atoms with van der Waals surface area (Å²) in [7, 11) is 0. The number of unbranched alkanes of at least 4 members (excludes halogenated alkanes) is 5. The molecule has 4 heterocycles. The van der Waals surface area contributed by atoms with Gasteiger partial charge in [0.15, 0.2) is 13.2 Å². The number of rotatable bonds is 21. The number of hydrogen-bond acceptors (Lipinski definition) is 13. The number of hydrogen-bond donors (Lipinski definition) is 1. The van der Waals surface area contributed by atoms with E-state index in [-0.39, 0.29) is 57.9 Å². The zero-order chi connectivity index (χ0) is 55.4. The first-order valence-corrected chi connectivity index (χ1v) is 27.0. The SMILES string of the molecule is CCCCCC(C)OC(=O)COc1ccc(Cl)c2cccnc12.CCCCCCC(C)OC(=O)COc1nc(F)c(Cl)c(N)c1Cl.CCc1cc(C)cc(CC)c1-c1c(OC(=O)C(C)(C)C)n2n(c1=O)CCOCC2. The first kappa shape index (κ1) is 62.1. The molecular weight excluding hydrogens is 1030 g/mol. The van der Waals surface area contributed by atoms with Gasteiger partial charge in [-0.15, -0.1) is 0 Å². The molecule has 0 saturated carbocycles. The fourth-order valence-electron chi connectivity index (χ4n) is 8.07. The van der Waals surface area contributed by atoms with Crippen molar-refractivity contribution >= 4 is 69.3 Å². The fourth-order valence-corrected chi connectivity index (χ4v) is 8.66. The van der Waals surface area contributed by atoms with Gasteiger partial charge in [0.2, 0.25) is 17.7 Å². The van der Waals surface area contributed by atoms with E-state index in [1.165, 1.54) is 5.56 Å². The molecule has 75 heavy (non-hydrogen) atoms. The topological polar surface area (TPSA) is 185 Å². The zero-order valence-electron chi connectivity index (χ0n) is 45.2. The van der Waals surface area contributed by atoms with E-state index in [0.717, 1.165) is 92.7 Å². The second kappa shape index (κ2) is 30.4. The lowest BCUT2D eigenvalue weighted by Gasteiger charge is -2.19. The quantitative estimate of drug-likeness (QED) is 0.0416. The van der Waals surface area contributed by atoms with Crippen molar-refractivity contribution in [2.24, 2.45) is 5.41 Å². The molecule has 0 amide bonds. The summed E-state index contributed by atoms with van der Waals surface area (Å²) in [4.78, 5) is 57.6. The summed E-state index contributed by atoms with van der Waals surface area (Å²) in [6.45, 7) is 21.0. The van der Waals surface area contributed by atoms with Gasteiger partial charge < -0.3 is 34.2 Å². The molecule has 0 radical (unpaired) electrons. The lowest BCUT2D eigenvalue weighted by Crippen LogP contribution is -2.27. The lowest BCUT2D eigenvalue weighted by atomic mass is 9.91. The Labute approximate surface area is 455 Å². The Morgan fingerprint density at radius 2 is 1.37 bits per heavy atom. The van der Waals surface area contributed by atoms with Crippen molar-refractivity contribution in [3.8, 4) is 28.6 Å². The van der Waals surface area contributed by atoms with Gasteiger partial charge in [0.1, 0.15) is 26.9 Å². The Morgan fingerprint density at radius 1 is 0.800 bits per heavy atom. The fraction of sp³-hybridized carbons (Fsp3) is 0.536. The van der Waals surface area contributed by atoms with Crippen molar-refractivity contribution < 1.29 is 47.2 Å². The molecule has 1 aliphatic heterocycles. The minimum atomic E-state index is -1.01. The Morgan fingerprint density at radius 3 is 1.96 bits per heavy atom. The number of aromatic nitrogens is 4. The third-order valence-corrected chi connectivity index (χ3v) is 13.1. The molecule has 15 nitrogen and oxygen atoms in total. The molecular formula is C56H75Cl3FN5O10. The summed E-state index contributed by atoms with van der Waals surface area (Å²) >= 11 is 17.5. The Balaban J connectivity index is 0.000000246. The van der Waals surface area contributed by atoms with Crippen molar-refractivity contribution in [3.63, 3.8) is 0 Å². The van der Waals surface area contributed by atoms with Gasteiger partial charge in [-0.05, 0) is 121 Å². The van der Waals surface area contributed by atoms with Crippen LogP contribution in [0.4, 0.5) is 10.1 Å². The molecule has 0 aliphatic carbocycles. The summed E-state index contributed by atoms with van der Waals surface area (Å²) in [5, 5.41) is 0.878. The van der Waals surface area contributed by atoms with Crippen LogP contribution in [0, 0.1) is 18.3 Å². The first-order chi connectivity index (χ1) is 35.7. The molecule has 0 bridgehead atoms. The number of carbonyl (C=O) groups excluding carboxylic acids is 3. The summed E-state index contributed by atoms with van der Waals surface area (Å²) in [6.07, 6.45) is 12.4. The molecule has 412 valence electrons. The van der Waals surface area contributed by atoms with Crippen molar-refractivity contribution in [1.29, 1.82) is 0 Å². The first-order valence-electron chi connectivity index (χ1n) is 25.9. The van der Waals surface area contributed by atoms with Crippen LogP contribution in [0.15, 0.2) is 47.4 Å². The average Bonchev–Trinajstić information content (AvgIpc) is 3.48. The van der Waals surface area contributed by atoms with Crippen LogP contribution in [0.25, 0.3) is 22.0 Å². The number of ether oxygens (including phenoxy) is 6. The minimum Gasteiger partial charge on any atom is -0.480 e. The van der Waals surface area contributed by atoms with Crippen molar-refractivity contribution in [2.45, 2.75) is 165 Å². The molecule has 0 spiro atoms. The molecule has 0 saturated heterocycles. The number of pyridine rings is 2. The standard InChI is InChI=1S/C23H32N2O4.C18H22ClNO3.C15H21Cl2FN2O3/c1-7-16-13-15(3)14-17(8-2)18(16)19-20(26)24-9-11-28-12-10-25(24)21(19)29-22(27)23(4,5)6;1-3-4-5-7-13(2)23-17(21)12-22-16-10-9-15(19)14-8-6-11-20-18(14)16;1-3-4-5-6-7-9(2)23-10(21)8-22-15-12(17)13(19)11(16)14(18)20-15/h13-14H,7-12H2,1-6H3;6,8-11,13H,3-5,7,12H2,1-2H3;9H,3-8H2,1-2H3,(H2,19,20). The van der Waals surface area contributed by atoms with Crippen LogP contribution in [0.5, 0.6) is 17.5 Å². The molecule has 19 heteroatoms. The summed E-state index contributed by atoms with van der Waals surface area (Å²) in [5.41, 5.74) is 9.95. The van der Waals surface area contributed by atoms with E-state index >= 15 is 0 Å². The van der Waals surface area contributed by atoms with Crippen LogP contribution < -0.4 is 25.5 Å². The van der Waals surface area contributed by atoms with E-state index in [2.05, 4.69) is 56.7 Å². The largest absolute Gasteiger partial charge is 0.480 e. The van der Waals surface area contributed by atoms with Gasteiger partial charge in [0.05, 0.1) is 54.6 Å². The molecule has 3 aromatic heterocycles. The van der Waals surface area contributed by atoms with Gasteiger partial charge in [-0.1, -0.05) is 112 Å². The van der Waals surface area contributed by atoms with E-state index in [9.17, 15) is 23.6 Å². The number of anilines is 1. The van der Waals surface area contributed by atoms with E-state index in [1.807, 2.05) is 46.8 Å². The summed E-state index contributed by atoms with van der Waals surface area (Å²) in [5.74, 6) is -1.74. The predicted octanol–water partition coefficient (Wildman–Crippen LogP) is 12.9. The van der Waals surface area contributed by atoms with Crippen molar-refractivity contribution in [2.75, 3.05) is 32.2 Å². The highest BCUT2D eigenvalue weighted by atomic mass is 35.5. The monoisotopic (exact) mass is 1100 g/mol. The number of carbonyl (C=O) groups is 3. The highest BCUT2D eigenvalue weighted by Crippen LogP contribution is 2.38. The van der Waals surface area contributed by atoms with E-state index < -0.39 is 23.9 Å². The lowest BCUT2D eigenvalue weighted by molar-refractivity contribution is -0.151. The van der Waals surface area contributed by atoms with E-state index in [1.54, 1.807) is 27.7 Å². The maximum atomic E-state index is 13.5. The number of nitrogen functional groups attached to an aromatic ring is 1. The van der Waals surface area contributed by atoms with Gasteiger partial charge in [-0.25, -0.2) is 19.0 Å². The van der Waals surface area contributed by atoms with E-state index in [0.29, 0.717) is 54.0 Å². The molecule has 2 aromatic carbocycles. The van der Waals surface area contributed by atoms with Gasteiger partial charge in [-0.2, -0.15) is 9.37 Å². The number of fused-ring (bicyclic) bond motifs is 2. The number of nitrogens with two attached hydrogens (primary N) is 1. The maximum Gasteiger partial charge on any atom is 0.344 e. The predicted molar refractivity (Wildman–Crippen MR) is 294 cm³/mol.